The normalized spacial score (nSPS) is 29.3. The maximum Gasteiger partial charge on any atom is 0.262 e. The molecule has 8 heteroatoms. The van der Waals surface area contributed by atoms with Crippen LogP contribution in [0, 0.1) is 5.92 Å². The van der Waals surface area contributed by atoms with Crippen LogP contribution in [0.25, 0.3) is 11.1 Å². The molecule has 0 radical (unpaired) electrons. The molecule has 1 amide bonds. The summed E-state index contributed by atoms with van der Waals surface area (Å²) in [5.41, 5.74) is 6.92. The Kier molecular flexibility index (Phi) is 4.13. The van der Waals surface area contributed by atoms with Gasteiger partial charge in [-0.1, -0.05) is 29.8 Å². The summed E-state index contributed by atoms with van der Waals surface area (Å²) in [6.45, 7) is 0. The van der Waals surface area contributed by atoms with Crippen molar-refractivity contribution in [2.45, 2.75) is 36.8 Å². The van der Waals surface area contributed by atoms with Crippen molar-refractivity contribution in [3.8, 4) is 16.9 Å². The fraction of sp³-hybridized carbons (Fsp3) is 0.364. The molecule has 0 bridgehead atoms. The van der Waals surface area contributed by atoms with E-state index < -0.39 is 29.9 Å². The van der Waals surface area contributed by atoms with Gasteiger partial charge in [0.05, 0.1) is 0 Å². The first-order valence-electron chi connectivity index (χ1n) is 9.80. The number of hydrogen-bond acceptors (Lipinski definition) is 4. The zero-order valence-corrected chi connectivity index (χ0v) is 17.0. The van der Waals surface area contributed by atoms with E-state index in [2.05, 4.69) is 4.99 Å². The lowest BCUT2D eigenvalue weighted by Crippen LogP contribution is -2.56. The Morgan fingerprint density at radius 1 is 1.23 bits per heavy atom. The Hall–Kier alpha value is -2.67. The van der Waals surface area contributed by atoms with E-state index in [1.807, 2.05) is 30.3 Å². The van der Waals surface area contributed by atoms with E-state index in [9.17, 15) is 13.6 Å². The minimum Gasteiger partial charge on any atom is -0.489 e. The monoisotopic (exact) mass is 431 g/mol. The van der Waals surface area contributed by atoms with Gasteiger partial charge >= 0.3 is 0 Å². The van der Waals surface area contributed by atoms with Crippen molar-refractivity contribution < 1.29 is 18.3 Å². The van der Waals surface area contributed by atoms with Crippen LogP contribution in [0.1, 0.15) is 24.8 Å². The first-order chi connectivity index (χ1) is 14.2. The summed E-state index contributed by atoms with van der Waals surface area (Å²) in [5.74, 6) is -3.19. The molecule has 2 heterocycles. The number of guanidine groups is 1. The van der Waals surface area contributed by atoms with Crippen molar-refractivity contribution in [2.75, 3.05) is 7.05 Å². The van der Waals surface area contributed by atoms with Crippen molar-refractivity contribution in [2.24, 2.45) is 16.6 Å². The van der Waals surface area contributed by atoms with Gasteiger partial charge in [0.15, 0.2) is 11.5 Å². The van der Waals surface area contributed by atoms with Gasteiger partial charge in [-0.15, -0.1) is 0 Å². The van der Waals surface area contributed by atoms with Crippen molar-refractivity contribution >= 4 is 23.5 Å². The summed E-state index contributed by atoms with van der Waals surface area (Å²) < 4.78 is 34.3. The maximum atomic E-state index is 14.2. The largest absolute Gasteiger partial charge is 0.489 e. The zero-order valence-electron chi connectivity index (χ0n) is 16.2. The molecule has 1 aliphatic carbocycles. The number of alkyl halides is 2. The number of hydrogen-bond donors (Lipinski definition) is 1. The number of carbonyl (C=O) groups excluding carboxylic acids is 1. The number of nitrogens with zero attached hydrogens (tertiary/aromatic N) is 2. The summed E-state index contributed by atoms with van der Waals surface area (Å²) in [6.07, 6.45) is -1.45. The van der Waals surface area contributed by atoms with Crippen LogP contribution < -0.4 is 10.5 Å². The van der Waals surface area contributed by atoms with Crippen LogP contribution in [0.2, 0.25) is 5.02 Å². The third-order valence-corrected chi connectivity index (χ3v) is 6.63. The van der Waals surface area contributed by atoms with Gasteiger partial charge in [0.2, 0.25) is 0 Å². The predicted octanol–water partition coefficient (Wildman–Crippen LogP) is 4.19. The molecule has 0 saturated heterocycles. The molecule has 156 valence electrons. The summed E-state index contributed by atoms with van der Waals surface area (Å²) in [4.78, 5) is 19.3. The number of rotatable bonds is 1. The van der Waals surface area contributed by atoms with Gasteiger partial charge in [-0.3, -0.25) is 9.69 Å². The molecule has 2 aliphatic heterocycles. The number of ether oxygens (including phenoxy) is 1. The highest BCUT2D eigenvalue weighted by Crippen LogP contribution is 2.55. The number of likely N-dealkylation sites (N-methyl/N-ethyl adjacent to an activating group) is 1. The molecule has 2 aromatic rings. The summed E-state index contributed by atoms with van der Waals surface area (Å²) >= 11 is 6.14. The molecular weight excluding hydrogens is 412 g/mol. The minimum atomic E-state index is -2.83. The Labute approximate surface area is 177 Å². The molecule has 5 rings (SSSR count). The van der Waals surface area contributed by atoms with E-state index in [1.165, 1.54) is 4.90 Å². The van der Waals surface area contributed by atoms with Crippen LogP contribution in [0.3, 0.4) is 0 Å². The molecule has 3 unspecified atom stereocenters. The molecule has 1 fully saturated rings. The van der Waals surface area contributed by atoms with Crippen LogP contribution >= 0.6 is 11.6 Å². The molecule has 3 atom stereocenters. The van der Waals surface area contributed by atoms with Gasteiger partial charge in [-0.2, -0.15) is 0 Å². The summed E-state index contributed by atoms with van der Waals surface area (Å²) in [7, 11) is 1.55. The van der Waals surface area contributed by atoms with Crippen molar-refractivity contribution in [3.63, 3.8) is 0 Å². The molecule has 2 N–H and O–H groups in total. The lowest BCUT2D eigenvalue weighted by atomic mass is 9.66. The topological polar surface area (TPSA) is 67.9 Å². The Morgan fingerprint density at radius 3 is 2.70 bits per heavy atom. The van der Waals surface area contributed by atoms with E-state index in [1.54, 1.807) is 19.2 Å². The molecular formula is C22H20ClF2N3O2. The molecule has 2 aromatic carbocycles. The number of benzene rings is 2. The van der Waals surface area contributed by atoms with Crippen molar-refractivity contribution in [1.29, 1.82) is 0 Å². The van der Waals surface area contributed by atoms with Gasteiger partial charge in [0.1, 0.15) is 11.9 Å². The second-order valence-corrected chi connectivity index (χ2v) is 8.62. The Morgan fingerprint density at radius 2 is 2.00 bits per heavy atom. The average Bonchev–Trinajstić information content (AvgIpc) is 2.92. The molecule has 1 saturated carbocycles. The lowest BCUT2D eigenvalue weighted by Gasteiger charge is -2.47. The predicted molar refractivity (Wildman–Crippen MR) is 110 cm³/mol. The van der Waals surface area contributed by atoms with Gasteiger partial charge in [0, 0.05) is 36.4 Å². The second-order valence-electron chi connectivity index (χ2n) is 8.18. The van der Waals surface area contributed by atoms with Gasteiger partial charge in [-0.05, 0) is 41.8 Å². The highest BCUT2D eigenvalue weighted by molar-refractivity contribution is 6.30. The van der Waals surface area contributed by atoms with Crippen LogP contribution in [-0.4, -0.2) is 35.8 Å². The van der Waals surface area contributed by atoms with E-state index >= 15 is 0 Å². The average molecular weight is 432 g/mol. The summed E-state index contributed by atoms with van der Waals surface area (Å²) in [5, 5.41) is 0.588. The first kappa shape index (κ1) is 19.3. The van der Waals surface area contributed by atoms with Crippen molar-refractivity contribution in [1.82, 2.24) is 4.90 Å². The number of carbonyl (C=O) groups is 1. The quantitative estimate of drug-likeness (QED) is 0.736. The molecule has 30 heavy (non-hydrogen) atoms. The number of aliphatic imine (C=N–C) groups is 1. The third-order valence-electron chi connectivity index (χ3n) is 6.40. The highest BCUT2D eigenvalue weighted by atomic mass is 35.5. The highest BCUT2D eigenvalue weighted by Gasteiger charge is 2.62. The standard InChI is InChI=1S/C22H20ClF2N3O2/c1-28-19(29)22(27-20(28)26)15-7-8-21(24,25)11-18(15)30-17-6-5-13(10-16(17)22)12-3-2-4-14(23)9-12/h2-6,9-10,15,18H,7-8,11H2,1H3,(H2,26,27). The van der Waals surface area contributed by atoms with Gasteiger partial charge in [0.25, 0.3) is 11.8 Å². The smallest absolute Gasteiger partial charge is 0.262 e. The van der Waals surface area contributed by atoms with Crippen LogP contribution in [0.15, 0.2) is 47.5 Å². The number of nitrogens with two attached hydrogens (primary N) is 1. The fourth-order valence-corrected chi connectivity index (χ4v) is 5.10. The van der Waals surface area contributed by atoms with E-state index in [0.29, 0.717) is 16.3 Å². The van der Waals surface area contributed by atoms with Crippen molar-refractivity contribution in [3.05, 3.63) is 53.1 Å². The minimum absolute atomic E-state index is 0.0806. The summed E-state index contributed by atoms with van der Waals surface area (Å²) in [6, 6.07) is 12.7. The van der Waals surface area contributed by atoms with Crippen LogP contribution in [0.4, 0.5) is 8.78 Å². The van der Waals surface area contributed by atoms with Crippen LogP contribution in [-0.2, 0) is 10.3 Å². The molecule has 0 aromatic heterocycles. The third kappa shape index (κ3) is 2.71. The van der Waals surface area contributed by atoms with Crippen LogP contribution in [0.5, 0.6) is 5.75 Å². The van der Waals surface area contributed by atoms with E-state index in [0.717, 1.165) is 11.1 Å². The molecule has 3 aliphatic rings. The second kappa shape index (κ2) is 6.41. The molecule has 5 nitrogen and oxygen atoms in total. The lowest BCUT2D eigenvalue weighted by molar-refractivity contribution is -0.145. The Balaban J connectivity index is 1.71. The SMILES string of the molecule is CN1C(=O)C2(N=C1N)c1cc(-c3cccc(Cl)c3)ccc1OC1CC(F)(F)CCC12. The van der Waals surface area contributed by atoms with E-state index in [4.69, 9.17) is 22.1 Å². The fourth-order valence-electron chi connectivity index (χ4n) is 4.91. The Bertz CT molecular complexity index is 1090. The maximum absolute atomic E-state index is 14.2. The number of amides is 1. The molecule has 1 spiro atoms. The zero-order chi connectivity index (χ0) is 21.3. The number of fused-ring (bicyclic) bond motifs is 4. The first-order valence-corrected chi connectivity index (χ1v) is 10.2. The van der Waals surface area contributed by atoms with Gasteiger partial charge in [-0.25, -0.2) is 13.8 Å². The number of halogens is 3. The van der Waals surface area contributed by atoms with E-state index in [-0.39, 0.29) is 24.7 Å². The van der Waals surface area contributed by atoms with Gasteiger partial charge < -0.3 is 10.5 Å².